The quantitative estimate of drug-likeness (QED) is 0.922. The number of aryl methyl sites for hydroxylation is 2. The van der Waals surface area contributed by atoms with Crippen molar-refractivity contribution < 1.29 is 4.39 Å². The third-order valence-electron chi connectivity index (χ3n) is 2.58. The van der Waals surface area contributed by atoms with E-state index in [4.69, 9.17) is 5.73 Å². The van der Waals surface area contributed by atoms with E-state index in [1.807, 2.05) is 25.3 Å². The van der Waals surface area contributed by atoms with E-state index >= 15 is 0 Å². The van der Waals surface area contributed by atoms with Gasteiger partial charge in [-0.05, 0) is 44.0 Å². The molecule has 1 aromatic heterocycles. The van der Waals surface area contributed by atoms with Crippen LogP contribution in [0.1, 0.15) is 29.8 Å². The molecule has 0 fully saturated rings. The van der Waals surface area contributed by atoms with Crippen molar-refractivity contribution in [1.29, 1.82) is 0 Å². The first-order valence-corrected chi connectivity index (χ1v) is 7.32. The molecule has 0 radical (unpaired) electrons. The van der Waals surface area contributed by atoms with Crippen LogP contribution in [0.3, 0.4) is 0 Å². The molecule has 1 atom stereocenters. The van der Waals surface area contributed by atoms with Gasteiger partial charge < -0.3 is 5.73 Å². The molecule has 0 saturated heterocycles. The molecule has 0 amide bonds. The zero-order valence-corrected chi connectivity index (χ0v) is 12.2. The number of nitrogens with zero attached hydrogens (tertiary/aromatic N) is 1. The van der Waals surface area contributed by atoms with Crippen LogP contribution in [0.25, 0.3) is 0 Å². The molecule has 0 spiro atoms. The van der Waals surface area contributed by atoms with Gasteiger partial charge in [0.05, 0.1) is 0 Å². The summed E-state index contributed by atoms with van der Waals surface area (Å²) >= 11 is 3.14. The summed E-state index contributed by atoms with van der Waals surface area (Å²) in [5.41, 5.74) is 8.36. The molecule has 0 aliphatic heterocycles. The molecule has 5 heteroatoms. The van der Waals surface area contributed by atoms with E-state index < -0.39 is 0 Å². The van der Waals surface area contributed by atoms with Crippen molar-refractivity contribution in [3.63, 3.8) is 0 Å². The summed E-state index contributed by atoms with van der Waals surface area (Å²) in [6.07, 6.45) is 0. The number of benzene rings is 1. The summed E-state index contributed by atoms with van der Waals surface area (Å²) in [5.74, 6) is -0.207. The average molecular weight is 282 g/mol. The number of thiazole rings is 1. The molecule has 0 aliphatic carbocycles. The number of nitrogens with two attached hydrogens (primary N) is 1. The van der Waals surface area contributed by atoms with Crippen molar-refractivity contribution in [3.05, 3.63) is 40.2 Å². The number of rotatable bonds is 3. The number of aromatic nitrogens is 1. The Kier molecular flexibility index (Phi) is 4.04. The van der Waals surface area contributed by atoms with E-state index in [2.05, 4.69) is 4.98 Å². The molecule has 18 heavy (non-hydrogen) atoms. The van der Waals surface area contributed by atoms with Crippen molar-refractivity contribution in [1.82, 2.24) is 4.98 Å². The molecule has 2 aromatic rings. The Hall–Kier alpha value is -0.910. The van der Waals surface area contributed by atoms with Crippen molar-refractivity contribution in [3.8, 4) is 0 Å². The molecule has 2 rings (SSSR count). The second-order valence-corrected chi connectivity index (χ2v) is 6.43. The fourth-order valence-electron chi connectivity index (χ4n) is 1.59. The first-order valence-electron chi connectivity index (χ1n) is 5.63. The van der Waals surface area contributed by atoms with Gasteiger partial charge in [-0.2, -0.15) is 0 Å². The predicted molar refractivity (Wildman–Crippen MR) is 74.7 cm³/mol. The first-order chi connectivity index (χ1) is 8.47. The SMILES string of the molecule is Cc1csc(Sc2cc(C)c(F)cc2[C@H](C)N)n1. The van der Waals surface area contributed by atoms with E-state index in [1.54, 1.807) is 30.0 Å². The van der Waals surface area contributed by atoms with Gasteiger partial charge in [0, 0.05) is 22.0 Å². The normalized spacial score (nSPS) is 12.7. The maximum absolute atomic E-state index is 13.6. The van der Waals surface area contributed by atoms with Gasteiger partial charge in [-0.1, -0.05) is 11.8 Å². The second kappa shape index (κ2) is 5.38. The smallest absolute Gasteiger partial charge is 0.154 e. The first kappa shape index (κ1) is 13.5. The average Bonchev–Trinajstić information content (AvgIpc) is 2.68. The van der Waals surface area contributed by atoms with E-state index in [9.17, 15) is 4.39 Å². The monoisotopic (exact) mass is 282 g/mol. The van der Waals surface area contributed by atoms with Crippen molar-refractivity contribution >= 4 is 23.1 Å². The van der Waals surface area contributed by atoms with Gasteiger partial charge in [0.1, 0.15) is 5.82 Å². The molecule has 96 valence electrons. The van der Waals surface area contributed by atoms with Crippen LogP contribution in [0.4, 0.5) is 4.39 Å². The Labute approximate surface area is 114 Å². The van der Waals surface area contributed by atoms with Crippen LogP contribution in [0, 0.1) is 19.7 Å². The van der Waals surface area contributed by atoms with Crippen LogP contribution in [0.15, 0.2) is 26.7 Å². The predicted octanol–water partition coefficient (Wildman–Crippen LogP) is 4.07. The van der Waals surface area contributed by atoms with Crippen molar-refractivity contribution in [2.24, 2.45) is 5.73 Å². The minimum atomic E-state index is -0.207. The highest BCUT2D eigenvalue weighted by molar-refractivity contribution is 8.01. The summed E-state index contributed by atoms with van der Waals surface area (Å²) in [6.45, 7) is 5.58. The lowest BCUT2D eigenvalue weighted by molar-refractivity contribution is 0.610. The van der Waals surface area contributed by atoms with E-state index in [-0.39, 0.29) is 11.9 Å². The maximum Gasteiger partial charge on any atom is 0.154 e. The Morgan fingerprint density at radius 1 is 1.39 bits per heavy atom. The molecule has 1 heterocycles. The third kappa shape index (κ3) is 2.91. The fourth-order valence-corrected chi connectivity index (χ4v) is 3.69. The highest BCUT2D eigenvalue weighted by Gasteiger charge is 2.13. The summed E-state index contributed by atoms with van der Waals surface area (Å²) in [6, 6.07) is 3.18. The van der Waals surface area contributed by atoms with Crippen LogP contribution < -0.4 is 5.73 Å². The Balaban J connectivity index is 2.39. The van der Waals surface area contributed by atoms with Gasteiger partial charge in [0.2, 0.25) is 0 Å². The van der Waals surface area contributed by atoms with Crippen LogP contribution in [0.2, 0.25) is 0 Å². The van der Waals surface area contributed by atoms with Gasteiger partial charge in [-0.25, -0.2) is 9.37 Å². The Morgan fingerprint density at radius 2 is 2.11 bits per heavy atom. The molecule has 2 nitrogen and oxygen atoms in total. The zero-order valence-electron chi connectivity index (χ0n) is 10.5. The molecule has 1 aromatic carbocycles. The summed E-state index contributed by atoms with van der Waals surface area (Å²) in [4.78, 5) is 5.39. The van der Waals surface area contributed by atoms with Crippen LogP contribution in [-0.2, 0) is 0 Å². The molecule has 0 saturated carbocycles. The highest BCUT2D eigenvalue weighted by Crippen LogP contribution is 2.35. The van der Waals surface area contributed by atoms with Crippen LogP contribution in [0.5, 0.6) is 0 Å². The minimum absolute atomic E-state index is 0.191. The Bertz CT molecular complexity index is 564. The maximum atomic E-state index is 13.6. The van der Waals surface area contributed by atoms with Gasteiger partial charge in [0.25, 0.3) is 0 Å². The lowest BCUT2D eigenvalue weighted by atomic mass is 10.1. The number of hydrogen-bond acceptors (Lipinski definition) is 4. The molecular weight excluding hydrogens is 267 g/mol. The van der Waals surface area contributed by atoms with E-state index in [0.29, 0.717) is 5.56 Å². The largest absolute Gasteiger partial charge is 0.324 e. The highest BCUT2D eigenvalue weighted by atomic mass is 32.2. The van der Waals surface area contributed by atoms with E-state index in [0.717, 1.165) is 20.5 Å². The number of halogens is 1. The van der Waals surface area contributed by atoms with Gasteiger partial charge in [0.15, 0.2) is 4.34 Å². The second-order valence-electron chi connectivity index (χ2n) is 4.28. The molecule has 0 aliphatic rings. The van der Waals surface area contributed by atoms with Crippen molar-refractivity contribution in [2.75, 3.05) is 0 Å². The minimum Gasteiger partial charge on any atom is -0.324 e. The van der Waals surface area contributed by atoms with Crippen LogP contribution >= 0.6 is 23.1 Å². The van der Waals surface area contributed by atoms with Gasteiger partial charge in [-0.15, -0.1) is 11.3 Å². The molecular formula is C13H15FN2S2. The van der Waals surface area contributed by atoms with E-state index in [1.165, 1.54) is 6.07 Å². The summed E-state index contributed by atoms with van der Waals surface area (Å²) < 4.78 is 14.5. The zero-order chi connectivity index (χ0) is 13.3. The Morgan fingerprint density at radius 3 is 2.67 bits per heavy atom. The molecule has 2 N–H and O–H groups in total. The standard InChI is InChI=1S/C13H15FN2S2/c1-7-4-12(10(9(3)15)5-11(7)14)18-13-16-8(2)6-17-13/h4-6,9H,15H2,1-3H3/t9-/m0/s1. The summed E-state index contributed by atoms with van der Waals surface area (Å²) in [7, 11) is 0. The van der Waals surface area contributed by atoms with Gasteiger partial charge in [-0.3, -0.25) is 0 Å². The van der Waals surface area contributed by atoms with Gasteiger partial charge >= 0.3 is 0 Å². The third-order valence-corrected chi connectivity index (χ3v) is 4.71. The van der Waals surface area contributed by atoms with Crippen LogP contribution in [-0.4, -0.2) is 4.98 Å². The topological polar surface area (TPSA) is 38.9 Å². The summed E-state index contributed by atoms with van der Waals surface area (Å²) in [5, 5.41) is 2.00. The fraction of sp³-hybridized carbons (Fsp3) is 0.308. The lowest BCUT2D eigenvalue weighted by Gasteiger charge is -2.13. The number of hydrogen-bond donors (Lipinski definition) is 1. The van der Waals surface area contributed by atoms with Crippen molar-refractivity contribution in [2.45, 2.75) is 36.0 Å². The lowest BCUT2D eigenvalue weighted by Crippen LogP contribution is -2.07. The molecule has 0 unspecified atom stereocenters. The molecule has 0 bridgehead atoms.